The smallest absolute Gasteiger partial charge is 0.337 e. The minimum Gasteiger partial charge on any atom is -0.478 e. The lowest BCUT2D eigenvalue weighted by atomic mass is 9.97. The van der Waals surface area contributed by atoms with Crippen LogP contribution in [0.2, 0.25) is 0 Å². The number of nitrogens with zero attached hydrogens (tertiary/aromatic N) is 1. The van der Waals surface area contributed by atoms with Crippen LogP contribution in [0.15, 0.2) is 60.7 Å². The number of carboxylic acids is 1. The summed E-state index contributed by atoms with van der Waals surface area (Å²) in [6, 6.07) is 19.6. The van der Waals surface area contributed by atoms with Crippen LogP contribution in [0.5, 0.6) is 0 Å². The maximum Gasteiger partial charge on any atom is 0.337 e. The highest BCUT2D eigenvalue weighted by atomic mass is 32.2. The van der Waals surface area contributed by atoms with Crippen LogP contribution in [0.4, 0.5) is 0 Å². The third kappa shape index (κ3) is 5.47. The number of benzene rings is 3. The Balaban J connectivity index is 1.55. The number of fused-ring (bicyclic) bond motifs is 1. The van der Waals surface area contributed by atoms with Gasteiger partial charge >= 0.3 is 5.97 Å². The molecule has 0 atom stereocenters. The molecule has 0 saturated heterocycles. The third-order valence-electron chi connectivity index (χ3n) is 5.39. The van der Waals surface area contributed by atoms with Gasteiger partial charge in [0.2, 0.25) is 0 Å². The number of aromatic carboxylic acids is 1. The van der Waals surface area contributed by atoms with E-state index in [1.165, 1.54) is 6.26 Å². The van der Waals surface area contributed by atoms with Gasteiger partial charge in [-0.05, 0) is 52.9 Å². The van der Waals surface area contributed by atoms with Crippen molar-refractivity contribution in [1.82, 2.24) is 15.3 Å². The van der Waals surface area contributed by atoms with Gasteiger partial charge < -0.3 is 15.4 Å². The predicted octanol–water partition coefficient (Wildman–Crippen LogP) is 4.04. The molecule has 0 saturated carbocycles. The SMILES string of the molecule is Cc1nc2c(C(=O)O)cc(-c3ccc(-c4cccc(CNCCS(C)(=O)=O)c4)cc3)cc2[nH]1. The molecule has 170 valence electrons. The van der Waals surface area contributed by atoms with Gasteiger partial charge in [0.05, 0.1) is 16.8 Å². The summed E-state index contributed by atoms with van der Waals surface area (Å²) in [4.78, 5) is 19.2. The molecular formula is C25H25N3O4S. The second-order valence-corrected chi connectivity index (χ2v) is 10.4. The number of carbonyl (C=O) groups is 1. The summed E-state index contributed by atoms with van der Waals surface area (Å²) in [5, 5.41) is 12.8. The Bertz CT molecular complexity index is 1420. The molecule has 0 aliphatic carbocycles. The molecule has 0 amide bonds. The van der Waals surface area contributed by atoms with Crippen molar-refractivity contribution in [3.63, 3.8) is 0 Å². The molecule has 0 bridgehead atoms. The number of aromatic nitrogens is 2. The molecule has 0 aliphatic rings. The molecule has 0 spiro atoms. The standard InChI is InChI=1S/C25H25N3O4S/c1-16-27-23-14-21(13-22(25(29)30)24(23)28-16)19-8-6-18(7-9-19)20-5-3-4-17(12-20)15-26-10-11-33(2,31)32/h3-9,12-14,26H,10-11,15H2,1-2H3,(H,27,28)(H,29,30). The van der Waals surface area contributed by atoms with Gasteiger partial charge in [-0.2, -0.15) is 0 Å². The maximum absolute atomic E-state index is 11.7. The van der Waals surface area contributed by atoms with E-state index in [0.717, 1.165) is 27.8 Å². The normalized spacial score (nSPS) is 11.7. The second kappa shape index (κ2) is 9.17. The zero-order chi connectivity index (χ0) is 23.6. The van der Waals surface area contributed by atoms with Crippen LogP contribution < -0.4 is 5.32 Å². The Morgan fingerprint density at radius 3 is 2.36 bits per heavy atom. The van der Waals surface area contributed by atoms with E-state index in [0.29, 0.717) is 29.9 Å². The molecule has 4 rings (SSSR count). The lowest BCUT2D eigenvalue weighted by molar-refractivity contribution is 0.0699. The minimum atomic E-state index is -2.98. The van der Waals surface area contributed by atoms with Gasteiger partial charge in [-0.25, -0.2) is 18.2 Å². The fraction of sp³-hybridized carbons (Fsp3) is 0.200. The lowest BCUT2D eigenvalue weighted by Gasteiger charge is -2.09. The quantitative estimate of drug-likeness (QED) is 0.340. The zero-order valence-electron chi connectivity index (χ0n) is 18.4. The summed E-state index contributed by atoms with van der Waals surface area (Å²) in [5.74, 6) is -0.223. The number of aromatic amines is 1. The summed E-state index contributed by atoms with van der Waals surface area (Å²) in [7, 11) is -2.98. The molecule has 1 aromatic heterocycles. The lowest BCUT2D eigenvalue weighted by Crippen LogP contribution is -2.21. The first-order valence-corrected chi connectivity index (χ1v) is 12.6. The second-order valence-electron chi connectivity index (χ2n) is 8.13. The number of nitrogens with one attached hydrogen (secondary N) is 2. The molecule has 0 aliphatic heterocycles. The Morgan fingerprint density at radius 1 is 1.00 bits per heavy atom. The van der Waals surface area contributed by atoms with E-state index in [9.17, 15) is 18.3 Å². The van der Waals surface area contributed by atoms with E-state index >= 15 is 0 Å². The van der Waals surface area contributed by atoms with Crippen molar-refractivity contribution >= 4 is 26.8 Å². The van der Waals surface area contributed by atoms with Crippen LogP contribution >= 0.6 is 0 Å². The van der Waals surface area contributed by atoms with Crippen molar-refractivity contribution in [2.45, 2.75) is 13.5 Å². The maximum atomic E-state index is 11.7. The van der Waals surface area contributed by atoms with Crippen LogP contribution in [-0.4, -0.2) is 48.0 Å². The van der Waals surface area contributed by atoms with Crippen molar-refractivity contribution in [2.75, 3.05) is 18.6 Å². The molecule has 33 heavy (non-hydrogen) atoms. The van der Waals surface area contributed by atoms with Crippen LogP contribution in [0, 0.1) is 6.92 Å². The van der Waals surface area contributed by atoms with E-state index in [-0.39, 0.29) is 11.3 Å². The molecule has 7 nitrogen and oxygen atoms in total. The van der Waals surface area contributed by atoms with Gasteiger partial charge in [0, 0.05) is 19.3 Å². The molecule has 4 aromatic rings. The van der Waals surface area contributed by atoms with E-state index in [4.69, 9.17) is 0 Å². The molecule has 3 aromatic carbocycles. The summed E-state index contributed by atoms with van der Waals surface area (Å²) < 4.78 is 22.5. The van der Waals surface area contributed by atoms with Crippen molar-refractivity contribution in [3.05, 3.63) is 77.6 Å². The Morgan fingerprint density at radius 2 is 1.70 bits per heavy atom. The Hall–Kier alpha value is -3.49. The van der Waals surface area contributed by atoms with Gasteiger partial charge in [0.15, 0.2) is 0 Å². The number of carboxylic acid groups (broad SMARTS) is 1. The first-order valence-electron chi connectivity index (χ1n) is 10.5. The van der Waals surface area contributed by atoms with Gasteiger partial charge in [0.1, 0.15) is 21.2 Å². The largest absolute Gasteiger partial charge is 0.478 e. The molecular weight excluding hydrogens is 438 g/mol. The summed E-state index contributed by atoms with van der Waals surface area (Å²) in [5.41, 5.74) is 6.20. The van der Waals surface area contributed by atoms with Crippen molar-refractivity contribution in [2.24, 2.45) is 0 Å². The van der Waals surface area contributed by atoms with Crippen LogP contribution in [0.3, 0.4) is 0 Å². The van der Waals surface area contributed by atoms with Crippen molar-refractivity contribution in [1.29, 1.82) is 0 Å². The molecule has 0 radical (unpaired) electrons. The summed E-state index contributed by atoms with van der Waals surface area (Å²) in [6.07, 6.45) is 1.23. The summed E-state index contributed by atoms with van der Waals surface area (Å²) in [6.45, 7) is 2.80. The Labute approximate surface area is 192 Å². The molecule has 3 N–H and O–H groups in total. The molecule has 0 unspecified atom stereocenters. The Kier molecular flexibility index (Phi) is 6.31. The monoisotopic (exact) mass is 463 g/mol. The highest BCUT2D eigenvalue weighted by Gasteiger charge is 2.15. The molecule has 1 heterocycles. The number of H-pyrrole nitrogens is 1. The number of aryl methyl sites for hydroxylation is 1. The highest BCUT2D eigenvalue weighted by molar-refractivity contribution is 7.90. The first kappa shape index (κ1) is 22.7. The van der Waals surface area contributed by atoms with Gasteiger partial charge in [-0.1, -0.05) is 42.5 Å². The van der Waals surface area contributed by atoms with Crippen LogP contribution in [0.25, 0.3) is 33.3 Å². The van der Waals surface area contributed by atoms with Crippen molar-refractivity contribution in [3.8, 4) is 22.3 Å². The summed E-state index contributed by atoms with van der Waals surface area (Å²) >= 11 is 0. The topological polar surface area (TPSA) is 112 Å². The average molecular weight is 464 g/mol. The van der Waals surface area contributed by atoms with Gasteiger partial charge in [0.25, 0.3) is 0 Å². The zero-order valence-corrected chi connectivity index (χ0v) is 19.2. The van der Waals surface area contributed by atoms with E-state index in [1.54, 1.807) is 13.0 Å². The van der Waals surface area contributed by atoms with E-state index in [1.807, 2.05) is 48.5 Å². The number of sulfone groups is 1. The third-order valence-corrected chi connectivity index (χ3v) is 6.34. The average Bonchev–Trinajstić information content (AvgIpc) is 3.15. The molecule has 0 fully saturated rings. The van der Waals surface area contributed by atoms with E-state index in [2.05, 4.69) is 21.4 Å². The fourth-order valence-corrected chi connectivity index (χ4v) is 4.29. The first-order chi connectivity index (χ1) is 15.7. The van der Waals surface area contributed by atoms with Gasteiger partial charge in [-0.3, -0.25) is 0 Å². The number of hydrogen-bond acceptors (Lipinski definition) is 5. The predicted molar refractivity (Wildman–Crippen MR) is 130 cm³/mol. The van der Waals surface area contributed by atoms with E-state index < -0.39 is 15.8 Å². The number of rotatable bonds is 8. The number of imidazole rings is 1. The fourth-order valence-electron chi connectivity index (χ4n) is 3.78. The van der Waals surface area contributed by atoms with Gasteiger partial charge in [-0.15, -0.1) is 0 Å². The van der Waals surface area contributed by atoms with Crippen LogP contribution in [-0.2, 0) is 16.4 Å². The van der Waals surface area contributed by atoms with Crippen LogP contribution in [0.1, 0.15) is 21.7 Å². The number of hydrogen-bond donors (Lipinski definition) is 3. The highest BCUT2D eigenvalue weighted by Crippen LogP contribution is 2.29. The van der Waals surface area contributed by atoms with Crippen molar-refractivity contribution < 1.29 is 18.3 Å². The molecule has 8 heteroatoms. The minimum absolute atomic E-state index is 0.113.